The van der Waals surface area contributed by atoms with Crippen molar-refractivity contribution in [3.63, 3.8) is 0 Å². The first-order valence-corrected chi connectivity index (χ1v) is 15.2. The van der Waals surface area contributed by atoms with Gasteiger partial charge in [-0.2, -0.15) is 0 Å². The number of hydrogen-bond acceptors (Lipinski definition) is 6. The monoisotopic (exact) mass is 552 g/mol. The second-order valence-electron chi connectivity index (χ2n) is 9.61. The fourth-order valence-electron chi connectivity index (χ4n) is 5.01. The standard InChI is InChI=1S/C28H32N4O4S2/c1-3-31-18-15-23-24(19-31)37-27(25(23)28(34)32-16-7-8-17-32)29-26(33)20-11-13-22(14-12-20)38(35,36)30(2)21-9-5-4-6-10-21/h4-6,9-14H,3,7-8,15-19H2,1-2H3,(H,29,33). The van der Waals surface area contributed by atoms with Gasteiger partial charge in [0.2, 0.25) is 0 Å². The number of benzene rings is 2. The summed E-state index contributed by atoms with van der Waals surface area (Å²) < 4.78 is 27.4. The topological polar surface area (TPSA) is 90.0 Å². The third-order valence-corrected chi connectivity index (χ3v) is 10.2. The highest BCUT2D eigenvalue weighted by Crippen LogP contribution is 2.38. The van der Waals surface area contributed by atoms with Gasteiger partial charge in [0, 0.05) is 43.7 Å². The Morgan fingerprint density at radius 2 is 1.68 bits per heavy atom. The minimum absolute atomic E-state index is 0.00867. The molecule has 2 aromatic carbocycles. The highest BCUT2D eigenvalue weighted by molar-refractivity contribution is 7.92. The maximum Gasteiger partial charge on any atom is 0.264 e. The van der Waals surface area contributed by atoms with Crippen molar-refractivity contribution in [2.24, 2.45) is 0 Å². The van der Waals surface area contributed by atoms with Crippen molar-refractivity contribution in [3.8, 4) is 0 Å². The first-order chi connectivity index (χ1) is 18.3. The molecule has 1 aromatic heterocycles. The number of anilines is 2. The fourth-order valence-corrected chi connectivity index (χ4v) is 7.48. The van der Waals surface area contributed by atoms with E-state index in [0.717, 1.165) is 62.4 Å². The summed E-state index contributed by atoms with van der Waals surface area (Å²) in [5.41, 5.74) is 2.55. The van der Waals surface area contributed by atoms with E-state index in [2.05, 4.69) is 17.1 Å². The normalized spacial score (nSPS) is 15.8. The predicted octanol–water partition coefficient (Wildman–Crippen LogP) is 4.44. The lowest BCUT2D eigenvalue weighted by Gasteiger charge is -2.26. The Morgan fingerprint density at radius 3 is 2.34 bits per heavy atom. The number of carbonyl (C=O) groups is 2. The number of likely N-dealkylation sites (tertiary alicyclic amines) is 1. The molecule has 1 fully saturated rings. The largest absolute Gasteiger partial charge is 0.339 e. The summed E-state index contributed by atoms with van der Waals surface area (Å²) in [4.78, 5) is 32.2. The van der Waals surface area contributed by atoms with Crippen molar-refractivity contribution in [2.75, 3.05) is 42.8 Å². The molecule has 5 rings (SSSR count). The highest BCUT2D eigenvalue weighted by Gasteiger charge is 2.32. The maximum atomic E-state index is 13.5. The number of carbonyl (C=O) groups excluding carboxylic acids is 2. The molecule has 2 aliphatic heterocycles. The molecule has 1 saturated heterocycles. The van der Waals surface area contributed by atoms with Crippen LogP contribution in [0.5, 0.6) is 0 Å². The number of thiophene rings is 1. The summed E-state index contributed by atoms with van der Waals surface area (Å²) in [6.45, 7) is 6.20. The third-order valence-electron chi connectivity index (χ3n) is 7.31. The number of amides is 2. The smallest absolute Gasteiger partial charge is 0.264 e. The molecule has 2 amide bonds. The van der Waals surface area contributed by atoms with E-state index in [4.69, 9.17) is 0 Å². The second-order valence-corrected chi connectivity index (χ2v) is 12.7. The molecule has 0 unspecified atom stereocenters. The van der Waals surface area contributed by atoms with Gasteiger partial charge in [-0.3, -0.25) is 18.8 Å². The zero-order valence-corrected chi connectivity index (χ0v) is 23.3. The van der Waals surface area contributed by atoms with Crippen molar-refractivity contribution in [1.29, 1.82) is 0 Å². The summed E-state index contributed by atoms with van der Waals surface area (Å²) >= 11 is 1.48. The second kappa shape index (κ2) is 10.9. The summed E-state index contributed by atoms with van der Waals surface area (Å²) in [6.07, 6.45) is 2.78. The van der Waals surface area contributed by atoms with Crippen molar-refractivity contribution in [3.05, 3.63) is 76.2 Å². The van der Waals surface area contributed by atoms with Crippen LogP contribution in [-0.4, -0.2) is 63.3 Å². The summed E-state index contributed by atoms with van der Waals surface area (Å²) in [7, 11) is -2.28. The van der Waals surface area contributed by atoms with E-state index in [1.54, 1.807) is 24.3 Å². The van der Waals surface area contributed by atoms with Crippen LogP contribution < -0.4 is 9.62 Å². The molecule has 38 heavy (non-hydrogen) atoms. The van der Waals surface area contributed by atoms with Crippen molar-refractivity contribution in [2.45, 2.75) is 37.6 Å². The first kappa shape index (κ1) is 26.4. The quantitative estimate of drug-likeness (QED) is 0.468. The molecule has 200 valence electrons. The number of nitrogens with one attached hydrogen (secondary N) is 1. The van der Waals surface area contributed by atoms with E-state index in [0.29, 0.717) is 21.8 Å². The van der Waals surface area contributed by atoms with Gasteiger partial charge in [0.15, 0.2) is 0 Å². The molecule has 0 bridgehead atoms. The van der Waals surface area contributed by atoms with Gasteiger partial charge in [-0.15, -0.1) is 11.3 Å². The molecule has 1 N–H and O–H groups in total. The van der Waals surface area contributed by atoms with Crippen molar-refractivity contribution < 1.29 is 18.0 Å². The zero-order valence-electron chi connectivity index (χ0n) is 21.6. The molecule has 0 spiro atoms. The van der Waals surface area contributed by atoms with Gasteiger partial charge < -0.3 is 10.2 Å². The van der Waals surface area contributed by atoms with Crippen LogP contribution in [0.3, 0.4) is 0 Å². The average Bonchev–Trinajstić information content (AvgIpc) is 3.60. The molecule has 0 saturated carbocycles. The van der Waals surface area contributed by atoms with E-state index in [-0.39, 0.29) is 16.7 Å². The van der Waals surface area contributed by atoms with E-state index in [1.165, 1.54) is 47.0 Å². The van der Waals surface area contributed by atoms with Crippen LogP contribution in [0.1, 0.15) is 50.9 Å². The Kier molecular flexibility index (Phi) is 7.56. The Bertz CT molecular complexity index is 1430. The Morgan fingerprint density at radius 1 is 1.00 bits per heavy atom. The number of fused-ring (bicyclic) bond motifs is 1. The minimum Gasteiger partial charge on any atom is -0.339 e. The molecule has 8 nitrogen and oxygen atoms in total. The van der Waals surface area contributed by atoms with Gasteiger partial charge in [-0.1, -0.05) is 25.1 Å². The van der Waals surface area contributed by atoms with Crippen LogP contribution in [0, 0.1) is 0 Å². The molecule has 2 aliphatic rings. The fraction of sp³-hybridized carbons (Fsp3) is 0.357. The van der Waals surface area contributed by atoms with E-state index < -0.39 is 10.0 Å². The molecule has 0 atom stereocenters. The number of rotatable bonds is 7. The van der Waals surface area contributed by atoms with Crippen LogP contribution >= 0.6 is 11.3 Å². The summed E-state index contributed by atoms with van der Waals surface area (Å²) in [5.74, 6) is -0.377. The molecular weight excluding hydrogens is 520 g/mol. The minimum atomic E-state index is -3.78. The lowest BCUT2D eigenvalue weighted by Crippen LogP contribution is -2.32. The predicted molar refractivity (Wildman–Crippen MR) is 151 cm³/mol. The van der Waals surface area contributed by atoms with Gasteiger partial charge >= 0.3 is 0 Å². The van der Waals surface area contributed by atoms with Crippen LogP contribution in [0.2, 0.25) is 0 Å². The maximum absolute atomic E-state index is 13.5. The van der Waals surface area contributed by atoms with Gasteiger partial charge in [0.05, 0.1) is 16.1 Å². The first-order valence-electron chi connectivity index (χ1n) is 12.9. The van der Waals surface area contributed by atoms with Crippen LogP contribution in [-0.2, 0) is 23.0 Å². The summed E-state index contributed by atoms with van der Waals surface area (Å²) in [6, 6.07) is 14.7. The third kappa shape index (κ3) is 5.08. The Hall–Kier alpha value is -3.21. The molecule has 3 aromatic rings. The van der Waals surface area contributed by atoms with Gasteiger partial charge in [-0.25, -0.2) is 8.42 Å². The number of likely N-dealkylation sites (N-methyl/N-ethyl adjacent to an activating group) is 1. The number of para-hydroxylation sites is 1. The van der Waals surface area contributed by atoms with Gasteiger partial charge in [0.25, 0.3) is 21.8 Å². The Labute approximate surface area is 227 Å². The number of hydrogen-bond donors (Lipinski definition) is 1. The molecule has 0 radical (unpaired) electrons. The lowest BCUT2D eigenvalue weighted by molar-refractivity contribution is 0.0792. The van der Waals surface area contributed by atoms with Crippen molar-refractivity contribution >= 4 is 43.9 Å². The van der Waals surface area contributed by atoms with Gasteiger partial charge in [0.1, 0.15) is 5.00 Å². The molecular formula is C28H32N4O4S2. The van der Waals surface area contributed by atoms with Crippen molar-refractivity contribution in [1.82, 2.24) is 9.80 Å². The Balaban J connectivity index is 1.39. The molecule has 3 heterocycles. The van der Waals surface area contributed by atoms with E-state index >= 15 is 0 Å². The SMILES string of the molecule is CCN1CCc2c(sc(NC(=O)c3ccc(S(=O)(=O)N(C)c4ccccc4)cc3)c2C(=O)N2CCCC2)C1. The molecule has 10 heteroatoms. The van der Waals surface area contributed by atoms with Crippen LogP contribution in [0.25, 0.3) is 0 Å². The zero-order chi connectivity index (χ0) is 26.9. The van der Waals surface area contributed by atoms with E-state index in [1.807, 2.05) is 11.0 Å². The lowest BCUT2D eigenvalue weighted by atomic mass is 10.0. The summed E-state index contributed by atoms with van der Waals surface area (Å²) in [5, 5.41) is 3.56. The van der Waals surface area contributed by atoms with E-state index in [9.17, 15) is 18.0 Å². The average molecular weight is 553 g/mol. The van der Waals surface area contributed by atoms with Gasteiger partial charge in [-0.05, 0) is 67.8 Å². The highest BCUT2D eigenvalue weighted by atomic mass is 32.2. The van der Waals surface area contributed by atoms with Crippen LogP contribution in [0.4, 0.5) is 10.7 Å². The van der Waals surface area contributed by atoms with Crippen LogP contribution in [0.15, 0.2) is 59.5 Å². The number of sulfonamides is 1. The number of nitrogens with zero attached hydrogens (tertiary/aromatic N) is 3. The molecule has 0 aliphatic carbocycles.